The summed E-state index contributed by atoms with van der Waals surface area (Å²) in [5.41, 5.74) is 3.31. The predicted molar refractivity (Wildman–Crippen MR) is 118 cm³/mol. The van der Waals surface area contributed by atoms with Crippen LogP contribution in [-0.2, 0) is 4.79 Å². The normalized spacial score (nSPS) is 13.9. The van der Waals surface area contributed by atoms with Crippen LogP contribution in [0, 0.1) is 0 Å². The number of anilines is 1. The van der Waals surface area contributed by atoms with Gasteiger partial charge in [0.1, 0.15) is 5.75 Å². The van der Waals surface area contributed by atoms with Crippen LogP contribution in [-0.4, -0.2) is 24.0 Å². The van der Waals surface area contributed by atoms with E-state index in [1.165, 1.54) is 0 Å². The molecule has 2 amide bonds. The molecule has 4 rings (SSSR count). The maximum Gasteiger partial charge on any atom is 0.265 e. The molecule has 5 nitrogen and oxygen atoms in total. The molecule has 0 heterocycles. The molecule has 1 aliphatic rings. The van der Waals surface area contributed by atoms with Gasteiger partial charge in [-0.15, -0.1) is 0 Å². The highest BCUT2D eigenvalue weighted by molar-refractivity contribution is 5.98. The van der Waals surface area contributed by atoms with E-state index in [0.29, 0.717) is 17.0 Å². The quantitative estimate of drug-likeness (QED) is 0.607. The standard InChI is InChI=1S/C25H24N2O3/c1-17(30-23-14-10-19(11-15-23)18-6-3-2-4-7-18)24(28)27-22-9-5-8-20(16-22)25(29)26-21-12-13-21/h2-11,14-17,21H,12-13H2,1H3,(H,26,29)(H,27,28). The lowest BCUT2D eigenvalue weighted by atomic mass is 10.1. The summed E-state index contributed by atoms with van der Waals surface area (Å²) < 4.78 is 5.79. The van der Waals surface area contributed by atoms with Gasteiger partial charge in [0.2, 0.25) is 0 Å². The predicted octanol–water partition coefficient (Wildman–Crippen LogP) is 4.65. The Kier molecular flexibility index (Phi) is 5.80. The van der Waals surface area contributed by atoms with Gasteiger partial charge >= 0.3 is 0 Å². The van der Waals surface area contributed by atoms with E-state index in [0.717, 1.165) is 24.0 Å². The summed E-state index contributed by atoms with van der Waals surface area (Å²) >= 11 is 0. The molecule has 0 aliphatic heterocycles. The Morgan fingerprint density at radius 3 is 2.30 bits per heavy atom. The monoisotopic (exact) mass is 400 g/mol. The molecule has 2 N–H and O–H groups in total. The molecule has 1 atom stereocenters. The van der Waals surface area contributed by atoms with Gasteiger partial charge in [-0.1, -0.05) is 48.5 Å². The lowest BCUT2D eigenvalue weighted by Gasteiger charge is -2.15. The van der Waals surface area contributed by atoms with E-state index in [4.69, 9.17) is 4.74 Å². The third-order valence-electron chi connectivity index (χ3n) is 4.95. The van der Waals surface area contributed by atoms with E-state index in [1.54, 1.807) is 31.2 Å². The number of carbonyl (C=O) groups is 2. The van der Waals surface area contributed by atoms with Gasteiger partial charge in [-0.25, -0.2) is 0 Å². The number of rotatable bonds is 7. The highest BCUT2D eigenvalue weighted by Gasteiger charge is 2.24. The first-order valence-corrected chi connectivity index (χ1v) is 10.1. The van der Waals surface area contributed by atoms with Crippen molar-refractivity contribution >= 4 is 17.5 Å². The molecule has 1 aliphatic carbocycles. The molecule has 1 fully saturated rings. The Labute approximate surface area is 176 Å². The topological polar surface area (TPSA) is 67.4 Å². The number of benzene rings is 3. The zero-order chi connectivity index (χ0) is 20.9. The van der Waals surface area contributed by atoms with Crippen molar-refractivity contribution in [3.63, 3.8) is 0 Å². The van der Waals surface area contributed by atoms with Crippen LogP contribution < -0.4 is 15.4 Å². The third-order valence-corrected chi connectivity index (χ3v) is 4.95. The SMILES string of the molecule is CC(Oc1ccc(-c2ccccc2)cc1)C(=O)Nc1cccc(C(=O)NC2CC2)c1. The highest BCUT2D eigenvalue weighted by Crippen LogP contribution is 2.23. The maximum absolute atomic E-state index is 12.5. The number of hydrogen-bond acceptors (Lipinski definition) is 3. The Morgan fingerprint density at radius 2 is 1.60 bits per heavy atom. The molecule has 3 aromatic carbocycles. The Bertz CT molecular complexity index is 1030. The minimum Gasteiger partial charge on any atom is -0.481 e. The van der Waals surface area contributed by atoms with Gasteiger partial charge in [-0.2, -0.15) is 0 Å². The molecule has 3 aromatic rings. The minimum atomic E-state index is -0.684. The molecule has 0 saturated heterocycles. The van der Waals surface area contributed by atoms with E-state index in [-0.39, 0.29) is 17.9 Å². The van der Waals surface area contributed by atoms with Crippen LogP contribution in [0.3, 0.4) is 0 Å². The second-order valence-electron chi connectivity index (χ2n) is 7.47. The van der Waals surface area contributed by atoms with Gasteiger partial charge in [0.05, 0.1) is 0 Å². The molecular weight excluding hydrogens is 376 g/mol. The fourth-order valence-corrected chi connectivity index (χ4v) is 3.09. The van der Waals surface area contributed by atoms with E-state index >= 15 is 0 Å². The second-order valence-corrected chi connectivity index (χ2v) is 7.47. The first-order chi connectivity index (χ1) is 14.6. The fourth-order valence-electron chi connectivity index (χ4n) is 3.09. The smallest absolute Gasteiger partial charge is 0.265 e. The maximum atomic E-state index is 12.5. The van der Waals surface area contributed by atoms with E-state index in [9.17, 15) is 9.59 Å². The zero-order valence-electron chi connectivity index (χ0n) is 16.8. The zero-order valence-corrected chi connectivity index (χ0v) is 16.8. The molecule has 152 valence electrons. The van der Waals surface area contributed by atoms with Crippen LogP contribution in [0.2, 0.25) is 0 Å². The molecule has 0 radical (unpaired) electrons. The van der Waals surface area contributed by atoms with E-state index in [1.807, 2.05) is 54.6 Å². The largest absolute Gasteiger partial charge is 0.481 e. The Morgan fingerprint density at radius 1 is 0.900 bits per heavy atom. The molecular formula is C25H24N2O3. The molecule has 1 saturated carbocycles. The van der Waals surface area contributed by atoms with Crippen molar-refractivity contribution in [2.24, 2.45) is 0 Å². The second kappa shape index (κ2) is 8.82. The van der Waals surface area contributed by atoms with Crippen LogP contribution in [0.5, 0.6) is 5.75 Å². The summed E-state index contributed by atoms with van der Waals surface area (Å²) in [6.45, 7) is 1.70. The van der Waals surface area contributed by atoms with Crippen molar-refractivity contribution in [1.29, 1.82) is 0 Å². The first-order valence-electron chi connectivity index (χ1n) is 10.1. The molecule has 1 unspecified atom stereocenters. The number of hydrogen-bond donors (Lipinski definition) is 2. The fraction of sp³-hybridized carbons (Fsp3) is 0.200. The summed E-state index contributed by atoms with van der Waals surface area (Å²) in [5.74, 6) is 0.230. The summed E-state index contributed by atoms with van der Waals surface area (Å²) in [6.07, 6.45) is 1.38. The van der Waals surface area contributed by atoms with E-state index < -0.39 is 6.10 Å². The summed E-state index contributed by atoms with van der Waals surface area (Å²) in [5, 5.41) is 5.77. The van der Waals surface area contributed by atoms with Gasteiger partial charge in [-0.05, 0) is 61.2 Å². The van der Waals surface area contributed by atoms with Crippen molar-refractivity contribution < 1.29 is 14.3 Å². The van der Waals surface area contributed by atoms with Gasteiger partial charge in [0, 0.05) is 17.3 Å². The first kappa shape index (κ1) is 19.7. The summed E-state index contributed by atoms with van der Waals surface area (Å²) in [6, 6.07) is 24.9. The molecule has 5 heteroatoms. The average molecular weight is 400 g/mol. The Balaban J connectivity index is 1.35. The van der Waals surface area contributed by atoms with Crippen molar-refractivity contribution in [2.45, 2.75) is 31.9 Å². The van der Waals surface area contributed by atoms with Crippen molar-refractivity contribution in [2.75, 3.05) is 5.32 Å². The van der Waals surface area contributed by atoms with Gasteiger partial charge in [0.15, 0.2) is 6.10 Å². The lowest BCUT2D eigenvalue weighted by molar-refractivity contribution is -0.122. The molecule has 0 aromatic heterocycles. The summed E-state index contributed by atoms with van der Waals surface area (Å²) in [4.78, 5) is 24.7. The minimum absolute atomic E-state index is 0.114. The van der Waals surface area contributed by atoms with Gasteiger partial charge in [0.25, 0.3) is 11.8 Å². The Hall–Kier alpha value is -3.60. The number of ether oxygens (including phenoxy) is 1. The van der Waals surface area contributed by atoms with Gasteiger partial charge in [-0.3, -0.25) is 9.59 Å². The van der Waals surface area contributed by atoms with Crippen LogP contribution in [0.25, 0.3) is 11.1 Å². The molecule has 30 heavy (non-hydrogen) atoms. The molecule has 0 bridgehead atoms. The average Bonchev–Trinajstić information content (AvgIpc) is 3.59. The van der Waals surface area contributed by atoms with Crippen molar-refractivity contribution in [1.82, 2.24) is 5.32 Å². The van der Waals surface area contributed by atoms with Crippen LogP contribution in [0.15, 0.2) is 78.9 Å². The number of amides is 2. The highest BCUT2D eigenvalue weighted by atomic mass is 16.5. The number of carbonyl (C=O) groups excluding carboxylic acids is 2. The van der Waals surface area contributed by atoms with E-state index in [2.05, 4.69) is 10.6 Å². The van der Waals surface area contributed by atoms with Crippen LogP contribution in [0.1, 0.15) is 30.1 Å². The van der Waals surface area contributed by atoms with Gasteiger partial charge < -0.3 is 15.4 Å². The van der Waals surface area contributed by atoms with Crippen LogP contribution >= 0.6 is 0 Å². The van der Waals surface area contributed by atoms with Crippen molar-refractivity contribution in [3.8, 4) is 16.9 Å². The van der Waals surface area contributed by atoms with Crippen LogP contribution in [0.4, 0.5) is 5.69 Å². The third kappa shape index (κ3) is 5.06. The lowest BCUT2D eigenvalue weighted by Crippen LogP contribution is -2.30. The number of nitrogens with one attached hydrogen (secondary N) is 2. The van der Waals surface area contributed by atoms with Crippen molar-refractivity contribution in [3.05, 3.63) is 84.4 Å². The molecule has 0 spiro atoms. The summed E-state index contributed by atoms with van der Waals surface area (Å²) in [7, 11) is 0.